The number of amides is 1. The first-order valence-electron chi connectivity index (χ1n) is 7.30. The van der Waals surface area contributed by atoms with Crippen LogP contribution in [0.5, 0.6) is 11.5 Å². The van der Waals surface area contributed by atoms with Crippen LogP contribution >= 0.6 is 0 Å². The van der Waals surface area contributed by atoms with Crippen LogP contribution in [0.25, 0.3) is 0 Å². The fourth-order valence-corrected chi connectivity index (χ4v) is 4.97. The van der Waals surface area contributed by atoms with Crippen molar-refractivity contribution in [2.24, 2.45) is 0 Å². The quantitative estimate of drug-likeness (QED) is 0.789. The third-order valence-corrected chi connectivity index (χ3v) is 5.91. The zero-order valence-corrected chi connectivity index (χ0v) is 13.8. The fraction of sp³-hybridized carbons (Fsp3) is 0.533. The van der Waals surface area contributed by atoms with Crippen molar-refractivity contribution in [1.82, 2.24) is 4.90 Å². The summed E-state index contributed by atoms with van der Waals surface area (Å²) in [4.78, 5) is 14.4. The Hall–Kier alpha value is -1.80. The minimum atomic E-state index is -3.16. The molecule has 0 bridgehead atoms. The van der Waals surface area contributed by atoms with Crippen LogP contribution in [0.2, 0.25) is 0 Å². The van der Waals surface area contributed by atoms with E-state index in [2.05, 4.69) is 0 Å². The molecule has 126 valence electrons. The summed E-state index contributed by atoms with van der Waals surface area (Å²) in [6.45, 7) is 0.722. The second-order valence-electron chi connectivity index (χ2n) is 5.62. The molecular formula is C15H19NO6S. The summed E-state index contributed by atoms with van der Waals surface area (Å²) < 4.78 is 39.6. The lowest BCUT2D eigenvalue weighted by Crippen LogP contribution is -2.53. The predicted molar refractivity (Wildman–Crippen MR) is 82.8 cm³/mol. The Bertz CT molecular complexity index is 717. The van der Waals surface area contributed by atoms with Crippen LogP contribution in [0.3, 0.4) is 0 Å². The minimum Gasteiger partial charge on any atom is -0.493 e. The zero-order chi connectivity index (χ0) is 16.6. The normalized spacial score (nSPS) is 25.7. The van der Waals surface area contributed by atoms with Gasteiger partial charge in [0, 0.05) is 12.1 Å². The number of fused-ring (bicyclic) bond motifs is 1. The van der Waals surface area contributed by atoms with Crippen LogP contribution in [0.15, 0.2) is 18.2 Å². The van der Waals surface area contributed by atoms with Crippen LogP contribution < -0.4 is 9.47 Å². The van der Waals surface area contributed by atoms with Gasteiger partial charge in [0.05, 0.1) is 44.5 Å². The molecule has 2 fully saturated rings. The average Bonchev–Trinajstić information content (AvgIpc) is 2.87. The van der Waals surface area contributed by atoms with E-state index in [4.69, 9.17) is 14.2 Å². The SMILES string of the molecule is COc1ccc(C(=O)N2CCOC3CS(=O)(=O)CC32)cc1OC. The van der Waals surface area contributed by atoms with Gasteiger partial charge in [-0.15, -0.1) is 0 Å². The van der Waals surface area contributed by atoms with Crippen molar-refractivity contribution in [3.8, 4) is 11.5 Å². The van der Waals surface area contributed by atoms with Crippen LogP contribution in [0.1, 0.15) is 10.4 Å². The van der Waals surface area contributed by atoms with Gasteiger partial charge in [-0.3, -0.25) is 4.79 Å². The van der Waals surface area contributed by atoms with Crippen molar-refractivity contribution in [2.75, 3.05) is 38.9 Å². The lowest BCUT2D eigenvalue weighted by Gasteiger charge is -2.36. The van der Waals surface area contributed by atoms with Gasteiger partial charge in [-0.25, -0.2) is 8.42 Å². The van der Waals surface area contributed by atoms with Crippen molar-refractivity contribution in [1.29, 1.82) is 0 Å². The molecule has 1 amide bonds. The van der Waals surface area contributed by atoms with E-state index in [1.54, 1.807) is 23.1 Å². The molecule has 0 radical (unpaired) electrons. The van der Waals surface area contributed by atoms with Gasteiger partial charge in [0.1, 0.15) is 0 Å². The van der Waals surface area contributed by atoms with Gasteiger partial charge in [0.15, 0.2) is 21.3 Å². The predicted octanol–water partition coefficient (Wildman–Crippen LogP) is 0.342. The smallest absolute Gasteiger partial charge is 0.254 e. The van der Waals surface area contributed by atoms with Crippen molar-refractivity contribution < 1.29 is 27.4 Å². The second kappa shape index (κ2) is 6.01. The Morgan fingerprint density at radius 2 is 1.96 bits per heavy atom. The van der Waals surface area contributed by atoms with E-state index in [9.17, 15) is 13.2 Å². The number of hydrogen-bond donors (Lipinski definition) is 0. The number of benzene rings is 1. The molecule has 2 unspecified atom stereocenters. The van der Waals surface area contributed by atoms with Gasteiger partial charge in [0.2, 0.25) is 0 Å². The molecule has 1 aromatic rings. The van der Waals surface area contributed by atoms with Gasteiger partial charge < -0.3 is 19.1 Å². The van der Waals surface area contributed by atoms with Gasteiger partial charge in [-0.2, -0.15) is 0 Å². The first kappa shape index (κ1) is 16.1. The first-order valence-corrected chi connectivity index (χ1v) is 9.12. The molecule has 0 aliphatic carbocycles. The highest BCUT2D eigenvalue weighted by Crippen LogP contribution is 2.30. The number of rotatable bonds is 3. The fourth-order valence-electron chi connectivity index (χ4n) is 3.10. The minimum absolute atomic E-state index is 0.0205. The van der Waals surface area contributed by atoms with Crippen molar-refractivity contribution in [3.63, 3.8) is 0 Å². The number of nitrogens with zero attached hydrogens (tertiary/aromatic N) is 1. The molecule has 3 rings (SSSR count). The standard InChI is InChI=1S/C15H19NO6S/c1-20-12-4-3-10(7-13(12)21-2)15(17)16-5-6-22-14-9-23(18,19)8-11(14)16/h3-4,7,11,14H,5-6,8-9H2,1-2H3. The third kappa shape index (κ3) is 3.00. The lowest BCUT2D eigenvalue weighted by atomic mass is 10.1. The summed E-state index contributed by atoms with van der Waals surface area (Å²) in [5, 5.41) is 0. The monoisotopic (exact) mass is 341 g/mol. The number of carbonyl (C=O) groups excluding carboxylic acids is 1. The van der Waals surface area contributed by atoms with E-state index < -0.39 is 22.0 Å². The number of sulfone groups is 1. The maximum absolute atomic E-state index is 12.8. The molecule has 0 N–H and O–H groups in total. The number of morpholine rings is 1. The Balaban J connectivity index is 1.88. The summed E-state index contributed by atoms with van der Waals surface area (Å²) in [7, 11) is -0.141. The van der Waals surface area contributed by atoms with E-state index in [1.807, 2.05) is 0 Å². The molecular weight excluding hydrogens is 322 g/mol. The Kier molecular flexibility index (Phi) is 4.20. The highest BCUT2D eigenvalue weighted by atomic mass is 32.2. The van der Waals surface area contributed by atoms with E-state index in [-0.39, 0.29) is 17.4 Å². The molecule has 7 nitrogen and oxygen atoms in total. The molecule has 8 heteroatoms. The molecule has 0 spiro atoms. The molecule has 0 aromatic heterocycles. The zero-order valence-electron chi connectivity index (χ0n) is 13.0. The molecule has 2 heterocycles. The van der Waals surface area contributed by atoms with Crippen LogP contribution in [0.4, 0.5) is 0 Å². The molecule has 2 saturated heterocycles. The average molecular weight is 341 g/mol. The molecule has 1 aromatic carbocycles. The van der Waals surface area contributed by atoms with E-state index in [0.717, 1.165) is 0 Å². The molecule has 2 aliphatic heterocycles. The van der Waals surface area contributed by atoms with Gasteiger partial charge in [-0.1, -0.05) is 0 Å². The maximum Gasteiger partial charge on any atom is 0.254 e. The van der Waals surface area contributed by atoms with E-state index in [1.165, 1.54) is 14.2 Å². The van der Waals surface area contributed by atoms with Crippen molar-refractivity contribution in [2.45, 2.75) is 12.1 Å². The van der Waals surface area contributed by atoms with E-state index >= 15 is 0 Å². The largest absolute Gasteiger partial charge is 0.493 e. The molecule has 2 aliphatic rings. The number of methoxy groups -OCH3 is 2. The number of carbonyl (C=O) groups is 1. The van der Waals surface area contributed by atoms with E-state index in [0.29, 0.717) is 30.2 Å². The maximum atomic E-state index is 12.8. The number of ether oxygens (including phenoxy) is 3. The Morgan fingerprint density at radius 3 is 2.65 bits per heavy atom. The van der Waals surface area contributed by atoms with Crippen LogP contribution in [-0.2, 0) is 14.6 Å². The summed E-state index contributed by atoms with van der Waals surface area (Å²) in [5.74, 6) is 0.709. The molecule has 0 saturated carbocycles. The van der Waals surface area contributed by atoms with Gasteiger partial charge in [-0.05, 0) is 18.2 Å². The number of hydrogen-bond acceptors (Lipinski definition) is 6. The van der Waals surface area contributed by atoms with Crippen LogP contribution in [-0.4, -0.2) is 70.2 Å². The van der Waals surface area contributed by atoms with Crippen molar-refractivity contribution in [3.05, 3.63) is 23.8 Å². The second-order valence-corrected chi connectivity index (χ2v) is 7.78. The summed E-state index contributed by atoms with van der Waals surface area (Å²) in [5.41, 5.74) is 0.438. The third-order valence-electron chi connectivity index (χ3n) is 4.23. The van der Waals surface area contributed by atoms with Crippen molar-refractivity contribution >= 4 is 15.7 Å². The first-order chi connectivity index (χ1) is 10.9. The molecule has 2 atom stereocenters. The lowest BCUT2D eigenvalue weighted by molar-refractivity contribution is -0.0361. The molecule has 23 heavy (non-hydrogen) atoms. The summed E-state index contributed by atoms with van der Waals surface area (Å²) in [6.07, 6.45) is -0.433. The summed E-state index contributed by atoms with van der Waals surface area (Å²) >= 11 is 0. The summed E-state index contributed by atoms with van der Waals surface area (Å²) in [6, 6.07) is 4.50. The topological polar surface area (TPSA) is 82.1 Å². The van der Waals surface area contributed by atoms with Gasteiger partial charge >= 0.3 is 0 Å². The highest BCUT2D eigenvalue weighted by Gasteiger charge is 2.45. The van der Waals surface area contributed by atoms with Gasteiger partial charge in [0.25, 0.3) is 5.91 Å². The van der Waals surface area contributed by atoms with Crippen LogP contribution in [0, 0.1) is 0 Å². The Labute approximate surface area is 135 Å². The Morgan fingerprint density at radius 1 is 1.22 bits per heavy atom. The highest BCUT2D eigenvalue weighted by molar-refractivity contribution is 7.91.